The summed E-state index contributed by atoms with van der Waals surface area (Å²) in [5.41, 5.74) is 5.05. The van der Waals surface area contributed by atoms with Crippen molar-refractivity contribution < 1.29 is 14.1 Å². The first-order chi connectivity index (χ1) is 10.0. The van der Waals surface area contributed by atoms with Crippen molar-refractivity contribution in [1.29, 1.82) is 0 Å². The molecule has 1 amide bonds. The highest BCUT2D eigenvalue weighted by molar-refractivity contribution is 5.98. The molecule has 1 aliphatic carbocycles. The lowest BCUT2D eigenvalue weighted by Crippen LogP contribution is -2.44. The van der Waals surface area contributed by atoms with Crippen LogP contribution < -0.4 is 11.1 Å². The van der Waals surface area contributed by atoms with Gasteiger partial charge in [0.1, 0.15) is 11.4 Å². The number of hydrogen-bond donors (Lipinski definition) is 2. The molecular formula is C14H19ClFN3O3. The Kier molecular flexibility index (Phi) is 6.70. The first-order valence-corrected chi connectivity index (χ1v) is 6.97. The fourth-order valence-electron chi connectivity index (χ4n) is 2.78. The van der Waals surface area contributed by atoms with Gasteiger partial charge in [-0.25, -0.2) is 4.39 Å². The second kappa shape index (κ2) is 8.05. The number of nitrogens with one attached hydrogen (secondary N) is 1. The van der Waals surface area contributed by atoms with E-state index in [-0.39, 0.29) is 29.9 Å². The van der Waals surface area contributed by atoms with E-state index in [2.05, 4.69) is 5.32 Å². The summed E-state index contributed by atoms with van der Waals surface area (Å²) >= 11 is 0. The van der Waals surface area contributed by atoms with Crippen molar-refractivity contribution in [2.24, 2.45) is 11.7 Å². The molecule has 0 spiro atoms. The van der Waals surface area contributed by atoms with E-state index in [1.54, 1.807) is 0 Å². The minimum absolute atomic E-state index is 0. The molecule has 1 fully saturated rings. The van der Waals surface area contributed by atoms with Gasteiger partial charge in [0.2, 0.25) is 0 Å². The minimum Gasteiger partial charge on any atom is -0.349 e. The molecular weight excluding hydrogens is 313 g/mol. The largest absolute Gasteiger partial charge is 0.349 e. The number of nitro benzene ring substituents is 1. The van der Waals surface area contributed by atoms with Gasteiger partial charge in [-0.3, -0.25) is 14.9 Å². The lowest BCUT2D eigenvalue weighted by molar-refractivity contribution is -0.385. The molecule has 0 heterocycles. The number of nitrogens with zero attached hydrogens (tertiary/aromatic N) is 1. The number of amides is 1. The standard InChI is InChI=1S/C14H18FN3O3.ClH/c15-10-5-6-13(18(20)21)11(7-10)14(19)17-12-4-2-1-3-9(12)8-16;/h5-7,9,12H,1-4,8,16H2,(H,17,19);1H. The third-order valence-electron chi connectivity index (χ3n) is 3.93. The molecule has 22 heavy (non-hydrogen) atoms. The minimum atomic E-state index is -0.685. The van der Waals surface area contributed by atoms with Crippen molar-refractivity contribution in [1.82, 2.24) is 5.32 Å². The number of benzene rings is 1. The van der Waals surface area contributed by atoms with Gasteiger partial charge in [0.15, 0.2) is 0 Å². The van der Waals surface area contributed by atoms with E-state index >= 15 is 0 Å². The Morgan fingerprint density at radius 2 is 2.09 bits per heavy atom. The molecule has 0 aliphatic heterocycles. The summed E-state index contributed by atoms with van der Waals surface area (Å²) in [6, 6.07) is 2.76. The van der Waals surface area contributed by atoms with Gasteiger partial charge in [-0.1, -0.05) is 12.8 Å². The second-order valence-corrected chi connectivity index (χ2v) is 5.28. The van der Waals surface area contributed by atoms with Crippen LogP contribution in [-0.4, -0.2) is 23.4 Å². The molecule has 3 N–H and O–H groups in total. The summed E-state index contributed by atoms with van der Waals surface area (Å²) in [7, 11) is 0. The monoisotopic (exact) mass is 331 g/mol. The van der Waals surface area contributed by atoms with Gasteiger partial charge >= 0.3 is 0 Å². The summed E-state index contributed by atoms with van der Waals surface area (Å²) in [6.07, 6.45) is 3.75. The van der Waals surface area contributed by atoms with Crippen LogP contribution in [0.25, 0.3) is 0 Å². The highest BCUT2D eigenvalue weighted by Gasteiger charge is 2.28. The van der Waals surface area contributed by atoms with Gasteiger partial charge in [-0.2, -0.15) is 0 Å². The summed E-state index contributed by atoms with van der Waals surface area (Å²) in [4.78, 5) is 22.5. The molecule has 1 aromatic carbocycles. The highest BCUT2D eigenvalue weighted by atomic mass is 35.5. The summed E-state index contributed by atoms with van der Waals surface area (Å²) < 4.78 is 13.3. The number of carbonyl (C=O) groups excluding carboxylic acids is 1. The van der Waals surface area contributed by atoms with Gasteiger partial charge in [-0.05, 0) is 37.4 Å². The van der Waals surface area contributed by atoms with E-state index in [0.29, 0.717) is 6.54 Å². The summed E-state index contributed by atoms with van der Waals surface area (Å²) in [5.74, 6) is -1.13. The number of rotatable bonds is 4. The van der Waals surface area contributed by atoms with Crippen LogP contribution in [0.3, 0.4) is 0 Å². The predicted octanol–water partition coefficient (Wildman–Crippen LogP) is 2.40. The third-order valence-corrected chi connectivity index (χ3v) is 3.93. The second-order valence-electron chi connectivity index (χ2n) is 5.28. The van der Waals surface area contributed by atoms with E-state index in [1.807, 2.05) is 0 Å². The average molecular weight is 332 g/mol. The molecule has 0 aromatic heterocycles. The molecule has 1 saturated carbocycles. The van der Waals surface area contributed by atoms with E-state index in [1.165, 1.54) is 0 Å². The molecule has 8 heteroatoms. The molecule has 122 valence electrons. The fourth-order valence-corrected chi connectivity index (χ4v) is 2.78. The van der Waals surface area contributed by atoms with E-state index in [4.69, 9.17) is 5.73 Å². The normalized spacial score (nSPS) is 20.8. The van der Waals surface area contributed by atoms with Crippen molar-refractivity contribution >= 4 is 24.0 Å². The predicted molar refractivity (Wildman–Crippen MR) is 82.6 cm³/mol. The van der Waals surface area contributed by atoms with Crippen LogP contribution in [0.1, 0.15) is 36.0 Å². The van der Waals surface area contributed by atoms with Crippen LogP contribution >= 0.6 is 12.4 Å². The zero-order chi connectivity index (χ0) is 15.4. The molecule has 1 aliphatic rings. The van der Waals surface area contributed by atoms with Crippen LogP contribution in [0.5, 0.6) is 0 Å². The maximum atomic E-state index is 13.3. The van der Waals surface area contributed by atoms with E-state index in [9.17, 15) is 19.3 Å². The van der Waals surface area contributed by atoms with Crippen molar-refractivity contribution in [3.63, 3.8) is 0 Å². The Morgan fingerprint density at radius 3 is 2.73 bits per heavy atom. The Morgan fingerprint density at radius 1 is 1.41 bits per heavy atom. The smallest absolute Gasteiger partial charge is 0.282 e. The average Bonchev–Trinajstić information content (AvgIpc) is 2.47. The Bertz CT molecular complexity index is 556. The van der Waals surface area contributed by atoms with Crippen LogP contribution in [-0.2, 0) is 0 Å². The quantitative estimate of drug-likeness (QED) is 0.653. The lowest BCUT2D eigenvalue weighted by atomic mass is 9.84. The fraction of sp³-hybridized carbons (Fsp3) is 0.500. The highest BCUT2D eigenvalue weighted by Crippen LogP contribution is 2.25. The topological polar surface area (TPSA) is 98.3 Å². The van der Waals surface area contributed by atoms with E-state index in [0.717, 1.165) is 43.9 Å². The number of nitrogens with two attached hydrogens (primary N) is 1. The van der Waals surface area contributed by atoms with Crippen molar-refractivity contribution in [3.05, 3.63) is 39.7 Å². The van der Waals surface area contributed by atoms with Gasteiger partial charge < -0.3 is 11.1 Å². The Balaban J connectivity index is 0.00000242. The molecule has 2 atom stereocenters. The number of halogens is 2. The summed E-state index contributed by atoms with van der Waals surface area (Å²) in [5, 5.41) is 13.7. The third kappa shape index (κ3) is 4.14. The van der Waals surface area contributed by atoms with E-state index < -0.39 is 22.3 Å². The lowest BCUT2D eigenvalue weighted by Gasteiger charge is -2.31. The molecule has 2 unspecified atom stereocenters. The molecule has 1 aromatic rings. The zero-order valence-electron chi connectivity index (χ0n) is 12.0. The number of carbonyl (C=O) groups is 1. The maximum absolute atomic E-state index is 13.3. The van der Waals surface area contributed by atoms with Gasteiger partial charge in [-0.15, -0.1) is 12.4 Å². The van der Waals surface area contributed by atoms with Crippen LogP contribution in [0.15, 0.2) is 18.2 Å². The van der Waals surface area contributed by atoms with Crippen LogP contribution in [0.2, 0.25) is 0 Å². The first-order valence-electron chi connectivity index (χ1n) is 6.97. The Labute approximate surface area is 133 Å². The van der Waals surface area contributed by atoms with Crippen molar-refractivity contribution in [2.45, 2.75) is 31.7 Å². The molecule has 0 saturated heterocycles. The number of hydrogen-bond acceptors (Lipinski definition) is 4. The van der Waals surface area contributed by atoms with Crippen molar-refractivity contribution in [3.8, 4) is 0 Å². The number of nitro groups is 1. The van der Waals surface area contributed by atoms with Crippen LogP contribution in [0, 0.1) is 21.8 Å². The SMILES string of the molecule is Cl.NCC1CCCCC1NC(=O)c1cc(F)ccc1[N+](=O)[O-]. The van der Waals surface area contributed by atoms with Gasteiger partial charge in [0.25, 0.3) is 11.6 Å². The zero-order valence-corrected chi connectivity index (χ0v) is 12.8. The van der Waals surface area contributed by atoms with Crippen LogP contribution in [0.4, 0.5) is 10.1 Å². The van der Waals surface area contributed by atoms with Crippen molar-refractivity contribution in [2.75, 3.05) is 6.54 Å². The maximum Gasteiger partial charge on any atom is 0.282 e. The molecule has 0 bridgehead atoms. The first kappa shape index (κ1) is 18.3. The molecule has 0 radical (unpaired) electrons. The van der Waals surface area contributed by atoms with Gasteiger partial charge in [0, 0.05) is 12.1 Å². The summed E-state index contributed by atoms with van der Waals surface area (Å²) in [6.45, 7) is 0.455. The molecule has 6 nitrogen and oxygen atoms in total. The molecule has 2 rings (SSSR count). The Hall–Kier alpha value is -1.73. The van der Waals surface area contributed by atoms with Gasteiger partial charge in [0.05, 0.1) is 4.92 Å².